The van der Waals surface area contributed by atoms with Crippen LogP contribution in [-0.4, -0.2) is 29.4 Å². The standard InChI is InChI=1S/C15H18BrN3O2/c1-19-10-11(8-18-19)5-6-17-9-13-4-3-12(7-14(13)16)15(20)21-2/h3-4,7-8,10,17H,5-6,9H2,1-2H3. The number of methoxy groups -OCH3 is 1. The number of aryl methyl sites for hydroxylation is 1. The highest BCUT2D eigenvalue weighted by Crippen LogP contribution is 2.19. The number of ether oxygens (including phenoxy) is 1. The van der Waals surface area contributed by atoms with Crippen LogP contribution in [0.15, 0.2) is 35.1 Å². The summed E-state index contributed by atoms with van der Waals surface area (Å²) >= 11 is 3.48. The first-order valence-corrected chi connectivity index (χ1v) is 7.44. The molecular formula is C15H18BrN3O2. The quantitative estimate of drug-likeness (QED) is 0.640. The minimum atomic E-state index is -0.327. The zero-order chi connectivity index (χ0) is 15.2. The second-order valence-electron chi connectivity index (χ2n) is 4.75. The topological polar surface area (TPSA) is 56.1 Å². The molecule has 0 aliphatic heterocycles. The molecule has 1 N–H and O–H groups in total. The van der Waals surface area contributed by atoms with Gasteiger partial charge < -0.3 is 10.1 Å². The normalized spacial score (nSPS) is 10.6. The number of hydrogen-bond donors (Lipinski definition) is 1. The fraction of sp³-hybridized carbons (Fsp3) is 0.333. The number of hydrogen-bond acceptors (Lipinski definition) is 4. The van der Waals surface area contributed by atoms with E-state index in [0.717, 1.165) is 29.5 Å². The van der Waals surface area contributed by atoms with Crippen molar-refractivity contribution in [2.45, 2.75) is 13.0 Å². The van der Waals surface area contributed by atoms with E-state index in [0.29, 0.717) is 5.56 Å². The van der Waals surface area contributed by atoms with Crippen molar-refractivity contribution in [2.75, 3.05) is 13.7 Å². The Kier molecular flexibility index (Phi) is 5.52. The SMILES string of the molecule is COC(=O)c1ccc(CNCCc2cnn(C)c2)c(Br)c1. The smallest absolute Gasteiger partial charge is 0.337 e. The molecule has 0 aliphatic rings. The second-order valence-corrected chi connectivity index (χ2v) is 5.60. The van der Waals surface area contributed by atoms with Gasteiger partial charge in [0.25, 0.3) is 0 Å². The van der Waals surface area contributed by atoms with Gasteiger partial charge in [-0.15, -0.1) is 0 Å². The molecule has 0 saturated heterocycles. The number of carbonyl (C=O) groups is 1. The van der Waals surface area contributed by atoms with Crippen LogP contribution in [0.2, 0.25) is 0 Å². The minimum Gasteiger partial charge on any atom is -0.465 e. The second kappa shape index (κ2) is 7.38. The van der Waals surface area contributed by atoms with Crippen LogP contribution in [0.5, 0.6) is 0 Å². The molecule has 0 atom stereocenters. The van der Waals surface area contributed by atoms with E-state index < -0.39 is 0 Å². The summed E-state index contributed by atoms with van der Waals surface area (Å²) in [7, 11) is 3.29. The fourth-order valence-corrected chi connectivity index (χ4v) is 2.51. The Morgan fingerprint density at radius 1 is 1.48 bits per heavy atom. The Bertz CT molecular complexity index is 625. The molecule has 0 spiro atoms. The molecule has 0 saturated carbocycles. The van der Waals surface area contributed by atoms with Gasteiger partial charge in [-0.3, -0.25) is 4.68 Å². The van der Waals surface area contributed by atoms with Crippen LogP contribution < -0.4 is 5.32 Å². The van der Waals surface area contributed by atoms with E-state index in [4.69, 9.17) is 4.74 Å². The van der Waals surface area contributed by atoms with Gasteiger partial charge >= 0.3 is 5.97 Å². The predicted molar refractivity (Wildman–Crippen MR) is 84.1 cm³/mol. The first kappa shape index (κ1) is 15.7. The number of aromatic nitrogens is 2. The lowest BCUT2D eigenvalue weighted by molar-refractivity contribution is 0.0600. The summed E-state index contributed by atoms with van der Waals surface area (Å²) in [4.78, 5) is 11.4. The third-order valence-corrected chi connectivity index (χ3v) is 3.88. The lowest BCUT2D eigenvalue weighted by atomic mass is 10.1. The summed E-state index contributed by atoms with van der Waals surface area (Å²) in [5, 5.41) is 7.52. The first-order valence-electron chi connectivity index (χ1n) is 6.65. The van der Waals surface area contributed by atoms with Gasteiger partial charge in [0.1, 0.15) is 0 Å². The van der Waals surface area contributed by atoms with Crippen LogP contribution >= 0.6 is 15.9 Å². The van der Waals surface area contributed by atoms with Crippen LogP contribution in [0, 0.1) is 0 Å². The number of carbonyl (C=O) groups excluding carboxylic acids is 1. The maximum Gasteiger partial charge on any atom is 0.337 e. The number of nitrogens with one attached hydrogen (secondary N) is 1. The Labute approximate surface area is 132 Å². The van der Waals surface area contributed by atoms with Gasteiger partial charge in [0.2, 0.25) is 0 Å². The van der Waals surface area contributed by atoms with Crippen LogP contribution in [0.3, 0.4) is 0 Å². The molecule has 0 amide bonds. The first-order chi connectivity index (χ1) is 10.1. The Morgan fingerprint density at radius 2 is 2.29 bits per heavy atom. The average molecular weight is 352 g/mol. The molecule has 0 unspecified atom stereocenters. The van der Waals surface area contributed by atoms with Gasteiger partial charge in [-0.1, -0.05) is 22.0 Å². The summed E-state index contributed by atoms with van der Waals surface area (Å²) in [6.45, 7) is 1.61. The van der Waals surface area contributed by atoms with Crippen molar-refractivity contribution in [3.63, 3.8) is 0 Å². The van der Waals surface area contributed by atoms with Crippen LogP contribution in [-0.2, 0) is 24.8 Å². The molecule has 112 valence electrons. The van der Waals surface area contributed by atoms with Gasteiger partial charge in [-0.2, -0.15) is 5.10 Å². The van der Waals surface area contributed by atoms with Crippen molar-refractivity contribution >= 4 is 21.9 Å². The zero-order valence-corrected chi connectivity index (χ0v) is 13.7. The number of esters is 1. The van der Waals surface area contributed by atoms with E-state index >= 15 is 0 Å². The van der Waals surface area contributed by atoms with Crippen molar-refractivity contribution in [3.8, 4) is 0 Å². The summed E-state index contributed by atoms with van der Waals surface area (Å²) < 4.78 is 7.40. The van der Waals surface area contributed by atoms with Crippen molar-refractivity contribution in [1.82, 2.24) is 15.1 Å². The summed E-state index contributed by atoms with van der Waals surface area (Å²) in [6, 6.07) is 5.48. The van der Waals surface area contributed by atoms with Crippen LogP contribution in [0.4, 0.5) is 0 Å². The maximum atomic E-state index is 11.4. The van der Waals surface area contributed by atoms with E-state index in [1.807, 2.05) is 25.5 Å². The molecule has 0 fully saturated rings. The molecule has 0 radical (unpaired) electrons. The number of nitrogens with zero attached hydrogens (tertiary/aromatic N) is 2. The predicted octanol–water partition coefficient (Wildman–Crippen LogP) is 2.30. The van der Waals surface area contributed by atoms with Crippen molar-refractivity contribution in [1.29, 1.82) is 0 Å². The minimum absolute atomic E-state index is 0.327. The van der Waals surface area contributed by atoms with E-state index in [1.165, 1.54) is 12.7 Å². The highest BCUT2D eigenvalue weighted by Gasteiger charge is 2.08. The van der Waals surface area contributed by atoms with E-state index in [2.05, 4.69) is 26.3 Å². The van der Waals surface area contributed by atoms with Crippen molar-refractivity contribution in [2.24, 2.45) is 7.05 Å². The molecule has 5 nitrogen and oxygen atoms in total. The average Bonchev–Trinajstić information content (AvgIpc) is 2.89. The van der Waals surface area contributed by atoms with Crippen molar-refractivity contribution in [3.05, 3.63) is 51.8 Å². The highest BCUT2D eigenvalue weighted by atomic mass is 79.9. The molecule has 1 aromatic carbocycles. The van der Waals surface area contributed by atoms with E-state index in [1.54, 1.807) is 16.8 Å². The van der Waals surface area contributed by atoms with Crippen LogP contribution in [0.1, 0.15) is 21.5 Å². The van der Waals surface area contributed by atoms with Gasteiger partial charge in [0.15, 0.2) is 0 Å². The van der Waals surface area contributed by atoms with E-state index in [-0.39, 0.29) is 5.97 Å². The lowest BCUT2D eigenvalue weighted by Crippen LogP contribution is -2.17. The Hall–Kier alpha value is -1.66. The van der Waals surface area contributed by atoms with Crippen LogP contribution in [0.25, 0.3) is 0 Å². The molecule has 0 bridgehead atoms. The third kappa shape index (κ3) is 4.41. The molecule has 1 heterocycles. The number of rotatable bonds is 6. The maximum absolute atomic E-state index is 11.4. The lowest BCUT2D eigenvalue weighted by Gasteiger charge is -2.08. The molecule has 1 aromatic heterocycles. The summed E-state index contributed by atoms with van der Waals surface area (Å²) in [6.07, 6.45) is 4.83. The zero-order valence-electron chi connectivity index (χ0n) is 12.1. The molecule has 2 rings (SSSR count). The Balaban J connectivity index is 1.84. The third-order valence-electron chi connectivity index (χ3n) is 3.14. The highest BCUT2D eigenvalue weighted by molar-refractivity contribution is 9.10. The molecular weight excluding hydrogens is 334 g/mol. The van der Waals surface area contributed by atoms with Gasteiger partial charge in [0.05, 0.1) is 18.9 Å². The Morgan fingerprint density at radius 3 is 2.90 bits per heavy atom. The number of halogens is 1. The largest absolute Gasteiger partial charge is 0.465 e. The van der Waals surface area contributed by atoms with Crippen molar-refractivity contribution < 1.29 is 9.53 Å². The monoisotopic (exact) mass is 351 g/mol. The van der Waals surface area contributed by atoms with E-state index in [9.17, 15) is 4.79 Å². The van der Waals surface area contributed by atoms with Gasteiger partial charge in [-0.25, -0.2) is 4.79 Å². The molecule has 21 heavy (non-hydrogen) atoms. The summed E-state index contributed by atoms with van der Waals surface area (Å²) in [5.41, 5.74) is 2.86. The number of benzene rings is 1. The summed E-state index contributed by atoms with van der Waals surface area (Å²) in [5.74, 6) is -0.327. The van der Waals surface area contributed by atoms with Gasteiger partial charge in [-0.05, 0) is 36.2 Å². The van der Waals surface area contributed by atoms with Gasteiger partial charge in [0, 0.05) is 24.3 Å². The fourth-order valence-electron chi connectivity index (χ4n) is 1.99. The molecule has 0 aliphatic carbocycles. The molecule has 2 aromatic rings. The molecule has 6 heteroatoms.